The lowest BCUT2D eigenvalue weighted by atomic mass is 9.82. The highest BCUT2D eigenvalue weighted by atomic mass is 35.5. The second kappa shape index (κ2) is 11.0. The molecule has 2 aromatic carbocycles. The number of halogens is 4. The Kier molecular flexibility index (Phi) is 8.23. The van der Waals surface area contributed by atoms with Gasteiger partial charge in [0.2, 0.25) is 0 Å². The van der Waals surface area contributed by atoms with Crippen LogP contribution < -0.4 is 5.32 Å². The number of thiazole rings is 1. The first-order chi connectivity index (χ1) is 17.9. The maximum absolute atomic E-state index is 13.8. The van der Waals surface area contributed by atoms with Gasteiger partial charge in [-0.25, -0.2) is 26.6 Å². The van der Waals surface area contributed by atoms with Crippen LogP contribution in [0, 0.1) is 29.3 Å². The molecule has 4 rings (SSSR count). The van der Waals surface area contributed by atoms with Crippen molar-refractivity contribution in [3.05, 3.63) is 75.0 Å². The van der Waals surface area contributed by atoms with E-state index in [9.17, 15) is 31.5 Å². The number of aliphatic hydroxyl groups is 1. The van der Waals surface area contributed by atoms with Crippen molar-refractivity contribution in [3.8, 4) is 0 Å². The molecule has 0 bridgehead atoms. The van der Waals surface area contributed by atoms with E-state index in [1.165, 1.54) is 23.5 Å². The summed E-state index contributed by atoms with van der Waals surface area (Å²) in [6, 6.07) is 4.86. The first-order valence-electron chi connectivity index (χ1n) is 12.0. The fourth-order valence-electron chi connectivity index (χ4n) is 5.10. The van der Waals surface area contributed by atoms with Crippen molar-refractivity contribution in [1.29, 1.82) is 0 Å². The van der Waals surface area contributed by atoms with Crippen LogP contribution in [0.3, 0.4) is 0 Å². The van der Waals surface area contributed by atoms with E-state index in [4.69, 9.17) is 11.6 Å². The van der Waals surface area contributed by atoms with Crippen LogP contribution in [0.25, 0.3) is 0 Å². The van der Waals surface area contributed by atoms with Crippen LogP contribution in [0.1, 0.15) is 54.9 Å². The quantitative estimate of drug-likeness (QED) is 0.300. The predicted octanol–water partition coefficient (Wildman–Crippen LogP) is 6.34. The predicted molar refractivity (Wildman–Crippen MR) is 140 cm³/mol. The molecule has 1 fully saturated rings. The highest BCUT2D eigenvalue weighted by molar-refractivity contribution is 7.92. The van der Waals surface area contributed by atoms with E-state index in [0.29, 0.717) is 23.6 Å². The Bertz CT molecular complexity index is 1430. The SMILES string of the molecule is CC[C@H](CC1CC[C@@H](C)[C@@]1(O)c1nccs1)S(=O)(=O)c1cc(C(=O)Nc2cc(F)c(F)c(F)c2)ccc1Cl. The number of hydrogen-bond donors (Lipinski definition) is 2. The summed E-state index contributed by atoms with van der Waals surface area (Å²) in [7, 11) is -4.06. The lowest BCUT2D eigenvalue weighted by Gasteiger charge is -2.34. The molecule has 1 saturated carbocycles. The molecule has 4 atom stereocenters. The summed E-state index contributed by atoms with van der Waals surface area (Å²) < 4.78 is 67.9. The Labute approximate surface area is 227 Å². The van der Waals surface area contributed by atoms with Crippen molar-refractivity contribution < 1.29 is 31.5 Å². The van der Waals surface area contributed by atoms with E-state index < -0.39 is 44.0 Å². The number of rotatable bonds is 8. The number of sulfone groups is 1. The van der Waals surface area contributed by atoms with E-state index in [1.54, 1.807) is 18.5 Å². The average Bonchev–Trinajstić information content (AvgIpc) is 3.51. The molecule has 1 aromatic heterocycles. The van der Waals surface area contributed by atoms with Crippen LogP contribution >= 0.6 is 22.9 Å². The largest absolute Gasteiger partial charge is 0.382 e. The number of nitrogens with zero attached hydrogens (tertiary/aromatic N) is 1. The molecule has 204 valence electrons. The molecule has 0 saturated heterocycles. The van der Waals surface area contributed by atoms with Gasteiger partial charge in [-0.3, -0.25) is 4.79 Å². The third-order valence-electron chi connectivity index (χ3n) is 7.28. The van der Waals surface area contributed by atoms with Gasteiger partial charge >= 0.3 is 0 Å². The normalized spacial score (nSPS) is 22.4. The minimum atomic E-state index is -4.06. The maximum Gasteiger partial charge on any atom is 0.255 e. The van der Waals surface area contributed by atoms with Crippen molar-refractivity contribution in [2.75, 3.05) is 5.32 Å². The maximum atomic E-state index is 13.8. The van der Waals surface area contributed by atoms with Crippen LogP contribution in [0.15, 0.2) is 46.8 Å². The minimum Gasteiger partial charge on any atom is -0.382 e. The number of carbonyl (C=O) groups is 1. The number of nitrogens with one attached hydrogen (secondary N) is 1. The first kappa shape index (κ1) is 28.5. The molecule has 6 nitrogen and oxygen atoms in total. The van der Waals surface area contributed by atoms with Crippen molar-refractivity contribution in [1.82, 2.24) is 4.98 Å². The molecule has 3 aromatic rings. The highest BCUT2D eigenvalue weighted by Gasteiger charge is 2.51. The monoisotopic (exact) mass is 586 g/mol. The average molecular weight is 587 g/mol. The molecule has 0 spiro atoms. The molecule has 1 aliphatic carbocycles. The summed E-state index contributed by atoms with van der Waals surface area (Å²) in [6.45, 7) is 3.65. The summed E-state index contributed by atoms with van der Waals surface area (Å²) in [6.07, 6.45) is 3.36. The van der Waals surface area contributed by atoms with Gasteiger partial charge in [-0.15, -0.1) is 11.3 Å². The number of aromatic nitrogens is 1. The van der Waals surface area contributed by atoms with E-state index in [2.05, 4.69) is 10.3 Å². The van der Waals surface area contributed by atoms with Gasteiger partial charge in [0.1, 0.15) is 10.6 Å². The minimum absolute atomic E-state index is 0.0890. The van der Waals surface area contributed by atoms with Crippen molar-refractivity contribution in [2.24, 2.45) is 11.8 Å². The van der Waals surface area contributed by atoms with Gasteiger partial charge in [-0.1, -0.05) is 25.4 Å². The lowest BCUT2D eigenvalue weighted by Crippen LogP contribution is -2.38. The molecular formula is C26H26ClF3N2O4S2. The van der Waals surface area contributed by atoms with E-state index in [1.807, 2.05) is 6.92 Å². The van der Waals surface area contributed by atoms with Crippen molar-refractivity contribution in [3.63, 3.8) is 0 Å². The van der Waals surface area contributed by atoms with Gasteiger partial charge in [0.05, 0.1) is 15.2 Å². The Hall–Kier alpha value is -2.47. The van der Waals surface area contributed by atoms with Crippen LogP contribution in [0.5, 0.6) is 0 Å². The first-order valence-corrected chi connectivity index (χ1v) is 14.8. The molecule has 0 aliphatic heterocycles. The van der Waals surface area contributed by atoms with Crippen molar-refractivity contribution >= 4 is 44.4 Å². The zero-order chi connectivity index (χ0) is 27.8. The summed E-state index contributed by atoms with van der Waals surface area (Å²) in [5.74, 6) is -5.95. The van der Waals surface area contributed by atoms with Gasteiger partial charge < -0.3 is 10.4 Å². The fourth-order valence-corrected chi connectivity index (χ4v) is 8.38. The van der Waals surface area contributed by atoms with Gasteiger partial charge in [0, 0.05) is 35.0 Å². The second-order valence-corrected chi connectivity index (χ2v) is 13.0. The second-order valence-electron chi connectivity index (χ2n) is 9.50. The van der Waals surface area contributed by atoms with Gasteiger partial charge in [0.25, 0.3) is 5.91 Å². The van der Waals surface area contributed by atoms with E-state index in [-0.39, 0.29) is 45.8 Å². The van der Waals surface area contributed by atoms with Crippen molar-refractivity contribution in [2.45, 2.75) is 55.3 Å². The number of carbonyl (C=O) groups excluding carboxylic acids is 1. The van der Waals surface area contributed by atoms with Crippen LogP contribution in [-0.4, -0.2) is 29.7 Å². The van der Waals surface area contributed by atoms with Gasteiger partial charge in [0.15, 0.2) is 27.3 Å². The molecular weight excluding hydrogens is 561 g/mol. The summed E-state index contributed by atoms with van der Waals surface area (Å²) in [5.41, 5.74) is -1.71. The molecule has 1 aliphatic rings. The number of benzene rings is 2. The highest BCUT2D eigenvalue weighted by Crippen LogP contribution is 2.51. The Morgan fingerprint density at radius 1 is 1.24 bits per heavy atom. The molecule has 1 amide bonds. The van der Waals surface area contributed by atoms with Gasteiger partial charge in [-0.05, 0) is 55.7 Å². The molecule has 1 heterocycles. The molecule has 0 radical (unpaired) electrons. The zero-order valence-electron chi connectivity index (χ0n) is 20.5. The summed E-state index contributed by atoms with van der Waals surface area (Å²) in [4.78, 5) is 16.8. The fraction of sp³-hybridized carbons (Fsp3) is 0.385. The number of hydrogen-bond acceptors (Lipinski definition) is 6. The molecule has 38 heavy (non-hydrogen) atoms. The Morgan fingerprint density at radius 2 is 1.92 bits per heavy atom. The van der Waals surface area contributed by atoms with Gasteiger partial charge in [-0.2, -0.15) is 0 Å². The molecule has 1 unspecified atom stereocenters. The van der Waals surface area contributed by atoms with E-state index >= 15 is 0 Å². The Morgan fingerprint density at radius 3 is 2.53 bits per heavy atom. The number of amides is 1. The smallest absolute Gasteiger partial charge is 0.255 e. The standard InChI is InChI=1S/C26H26ClF3N2O4S2/c1-3-18(11-16-6-4-14(2)26(16,34)25-31-8-9-37-25)38(35,36)22-10-15(5-7-19(22)27)24(33)32-17-12-20(28)23(30)21(29)13-17/h5,7-10,12-14,16,18,34H,3-4,6,11H2,1-2H3,(H,32,33)/t14-,16?,18-,26+/m1/s1. The van der Waals surface area contributed by atoms with E-state index in [0.717, 1.165) is 12.5 Å². The zero-order valence-corrected chi connectivity index (χ0v) is 22.9. The lowest BCUT2D eigenvalue weighted by molar-refractivity contribution is -0.0400. The van der Waals surface area contributed by atoms with Crippen LogP contribution in [0.4, 0.5) is 18.9 Å². The Balaban J connectivity index is 1.61. The third-order valence-corrected chi connectivity index (χ3v) is 11.0. The van der Waals surface area contributed by atoms with Crippen LogP contribution in [0.2, 0.25) is 5.02 Å². The third kappa shape index (κ3) is 5.21. The molecule has 2 N–H and O–H groups in total. The van der Waals surface area contributed by atoms with Crippen LogP contribution in [-0.2, 0) is 15.4 Å². The summed E-state index contributed by atoms with van der Waals surface area (Å²) in [5, 5.41) is 15.2. The molecule has 12 heteroatoms. The number of anilines is 1. The summed E-state index contributed by atoms with van der Waals surface area (Å²) >= 11 is 7.61. The topological polar surface area (TPSA) is 96.4 Å².